The third-order valence-electron chi connectivity index (χ3n) is 2.77. The SMILES string of the molecule is CCC(C)C(N)Cn1cc(C)cnc1=O. The van der Waals surface area contributed by atoms with Crippen LogP contribution in [-0.2, 0) is 6.54 Å². The maximum Gasteiger partial charge on any atom is 0.347 e. The predicted molar refractivity (Wildman–Crippen MR) is 60.7 cm³/mol. The number of nitrogens with two attached hydrogens (primary N) is 1. The second kappa shape index (κ2) is 5.07. The first-order valence-electron chi connectivity index (χ1n) is 5.33. The Bertz CT molecular complexity index is 372. The first kappa shape index (κ1) is 11.9. The maximum absolute atomic E-state index is 11.4. The molecule has 0 aliphatic carbocycles. The number of aromatic nitrogens is 2. The number of aryl methyl sites for hydroxylation is 1. The van der Waals surface area contributed by atoms with Crippen LogP contribution in [-0.4, -0.2) is 15.6 Å². The number of rotatable bonds is 4. The van der Waals surface area contributed by atoms with Crippen LogP contribution >= 0.6 is 0 Å². The first-order valence-corrected chi connectivity index (χ1v) is 5.33. The van der Waals surface area contributed by atoms with Crippen molar-refractivity contribution in [3.63, 3.8) is 0 Å². The van der Waals surface area contributed by atoms with Crippen LogP contribution in [0.4, 0.5) is 0 Å². The van der Waals surface area contributed by atoms with Crippen molar-refractivity contribution in [2.24, 2.45) is 11.7 Å². The molecule has 2 N–H and O–H groups in total. The normalized spacial score (nSPS) is 14.9. The van der Waals surface area contributed by atoms with Gasteiger partial charge in [-0.15, -0.1) is 0 Å². The van der Waals surface area contributed by atoms with Gasteiger partial charge >= 0.3 is 5.69 Å². The lowest BCUT2D eigenvalue weighted by Crippen LogP contribution is -2.37. The van der Waals surface area contributed by atoms with Gasteiger partial charge in [0, 0.05) is 25.0 Å². The van der Waals surface area contributed by atoms with Crippen LogP contribution in [0.3, 0.4) is 0 Å². The summed E-state index contributed by atoms with van der Waals surface area (Å²) in [6, 6.07) is 0.0105. The zero-order valence-electron chi connectivity index (χ0n) is 9.60. The molecule has 2 unspecified atom stereocenters. The molecule has 0 aromatic carbocycles. The highest BCUT2D eigenvalue weighted by atomic mass is 16.1. The van der Waals surface area contributed by atoms with Crippen LogP contribution < -0.4 is 11.4 Å². The van der Waals surface area contributed by atoms with Gasteiger partial charge in [0.25, 0.3) is 0 Å². The Morgan fingerprint density at radius 1 is 1.60 bits per heavy atom. The van der Waals surface area contributed by atoms with Gasteiger partial charge in [0.15, 0.2) is 0 Å². The predicted octanol–water partition coefficient (Wildman–Crippen LogP) is 0.925. The van der Waals surface area contributed by atoms with E-state index in [2.05, 4.69) is 18.8 Å². The lowest BCUT2D eigenvalue weighted by Gasteiger charge is -2.19. The third-order valence-corrected chi connectivity index (χ3v) is 2.77. The Kier molecular flexibility index (Phi) is 4.03. The molecule has 0 fully saturated rings. The fourth-order valence-electron chi connectivity index (χ4n) is 1.41. The fourth-order valence-corrected chi connectivity index (χ4v) is 1.41. The summed E-state index contributed by atoms with van der Waals surface area (Å²) >= 11 is 0. The summed E-state index contributed by atoms with van der Waals surface area (Å²) in [7, 11) is 0. The van der Waals surface area contributed by atoms with Crippen molar-refractivity contribution in [1.29, 1.82) is 0 Å². The molecule has 0 saturated carbocycles. The highest BCUT2D eigenvalue weighted by molar-refractivity contribution is 5.00. The Labute approximate surface area is 90.1 Å². The summed E-state index contributed by atoms with van der Waals surface area (Å²) in [6.45, 7) is 6.65. The molecule has 0 saturated heterocycles. The molecule has 4 heteroatoms. The van der Waals surface area contributed by atoms with E-state index in [9.17, 15) is 4.79 Å². The topological polar surface area (TPSA) is 60.9 Å². The molecule has 1 aromatic rings. The summed E-state index contributed by atoms with van der Waals surface area (Å²) < 4.78 is 1.59. The summed E-state index contributed by atoms with van der Waals surface area (Å²) in [4.78, 5) is 15.2. The number of hydrogen-bond donors (Lipinski definition) is 1. The molecular weight excluding hydrogens is 190 g/mol. The van der Waals surface area contributed by atoms with Gasteiger partial charge in [0.1, 0.15) is 0 Å². The number of nitrogens with zero attached hydrogens (tertiary/aromatic N) is 2. The molecule has 4 nitrogen and oxygen atoms in total. The van der Waals surface area contributed by atoms with Crippen LogP contribution in [0.15, 0.2) is 17.2 Å². The molecule has 15 heavy (non-hydrogen) atoms. The van der Waals surface area contributed by atoms with Gasteiger partial charge in [0.2, 0.25) is 0 Å². The van der Waals surface area contributed by atoms with Crippen molar-refractivity contribution >= 4 is 0 Å². The van der Waals surface area contributed by atoms with E-state index in [-0.39, 0.29) is 11.7 Å². The van der Waals surface area contributed by atoms with Gasteiger partial charge in [-0.3, -0.25) is 4.57 Å². The van der Waals surface area contributed by atoms with Crippen molar-refractivity contribution in [1.82, 2.24) is 9.55 Å². The van der Waals surface area contributed by atoms with E-state index in [1.807, 2.05) is 6.92 Å². The van der Waals surface area contributed by atoms with Crippen LogP contribution in [0.5, 0.6) is 0 Å². The van der Waals surface area contributed by atoms with Crippen molar-refractivity contribution in [3.05, 3.63) is 28.4 Å². The molecule has 0 aliphatic rings. The summed E-state index contributed by atoms with van der Waals surface area (Å²) in [6.07, 6.45) is 4.40. The fraction of sp³-hybridized carbons (Fsp3) is 0.636. The minimum atomic E-state index is -0.223. The Morgan fingerprint density at radius 3 is 2.87 bits per heavy atom. The van der Waals surface area contributed by atoms with E-state index in [0.717, 1.165) is 12.0 Å². The quantitative estimate of drug-likeness (QED) is 0.802. The van der Waals surface area contributed by atoms with Gasteiger partial charge in [-0.05, 0) is 18.4 Å². The molecule has 1 aromatic heterocycles. The van der Waals surface area contributed by atoms with E-state index in [4.69, 9.17) is 5.73 Å². The van der Waals surface area contributed by atoms with E-state index in [1.54, 1.807) is 17.0 Å². The molecule has 1 rings (SSSR count). The van der Waals surface area contributed by atoms with E-state index in [0.29, 0.717) is 12.5 Å². The molecule has 0 spiro atoms. The highest BCUT2D eigenvalue weighted by Crippen LogP contribution is 2.06. The lowest BCUT2D eigenvalue weighted by molar-refractivity contribution is 0.389. The number of hydrogen-bond acceptors (Lipinski definition) is 3. The average molecular weight is 209 g/mol. The highest BCUT2D eigenvalue weighted by Gasteiger charge is 2.12. The largest absolute Gasteiger partial charge is 0.347 e. The lowest BCUT2D eigenvalue weighted by atomic mass is 10.0. The second-order valence-corrected chi connectivity index (χ2v) is 4.12. The van der Waals surface area contributed by atoms with Crippen molar-refractivity contribution in [2.75, 3.05) is 0 Å². The van der Waals surface area contributed by atoms with Crippen LogP contribution in [0.25, 0.3) is 0 Å². The Morgan fingerprint density at radius 2 is 2.27 bits per heavy atom. The molecular formula is C11H19N3O. The minimum Gasteiger partial charge on any atom is -0.326 e. The van der Waals surface area contributed by atoms with E-state index >= 15 is 0 Å². The Hall–Kier alpha value is -1.16. The van der Waals surface area contributed by atoms with Gasteiger partial charge in [-0.2, -0.15) is 0 Å². The molecule has 0 aliphatic heterocycles. The van der Waals surface area contributed by atoms with Crippen LogP contribution in [0.1, 0.15) is 25.8 Å². The molecule has 2 atom stereocenters. The first-order chi connectivity index (χ1) is 7.04. The molecule has 0 bridgehead atoms. The van der Waals surface area contributed by atoms with Crippen molar-refractivity contribution < 1.29 is 0 Å². The average Bonchev–Trinajstić information content (AvgIpc) is 2.22. The standard InChI is InChI=1S/C11H19N3O/c1-4-9(3)10(12)7-14-6-8(2)5-13-11(14)15/h5-6,9-10H,4,7,12H2,1-3H3. The molecule has 1 heterocycles. The van der Waals surface area contributed by atoms with Crippen LogP contribution in [0, 0.1) is 12.8 Å². The minimum absolute atomic E-state index is 0.0105. The monoisotopic (exact) mass is 209 g/mol. The molecule has 84 valence electrons. The van der Waals surface area contributed by atoms with E-state index in [1.165, 1.54) is 0 Å². The molecule has 0 amide bonds. The Balaban J connectivity index is 2.80. The van der Waals surface area contributed by atoms with Gasteiger partial charge in [-0.1, -0.05) is 20.3 Å². The smallest absolute Gasteiger partial charge is 0.326 e. The van der Waals surface area contributed by atoms with Crippen LogP contribution in [0.2, 0.25) is 0 Å². The summed E-state index contributed by atoms with van der Waals surface area (Å²) in [5.41, 5.74) is 6.75. The second-order valence-electron chi connectivity index (χ2n) is 4.12. The maximum atomic E-state index is 11.4. The van der Waals surface area contributed by atoms with Crippen molar-refractivity contribution in [2.45, 2.75) is 39.8 Å². The zero-order chi connectivity index (χ0) is 11.4. The summed E-state index contributed by atoms with van der Waals surface area (Å²) in [5, 5.41) is 0. The zero-order valence-corrected chi connectivity index (χ0v) is 9.60. The van der Waals surface area contributed by atoms with Gasteiger partial charge in [-0.25, -0.2) is 9.78 Å². The summed E-state index contributed by atoms with van der Waals surface area (Å²) in [5.74, 6) is 0.414. The van der Waals surface area contributed by atoms with Crippen molar-refractivity contribution in [3.8, 4) is 0 Å². The van der Waals surface area contributed by atoms with Gasteiger partial charge < -0.3 is 5.73 Å². The third kappa shape index (κ3) is 3.16. The van der Waals surface area contributed by atoms with E-state index < -0.39 is 0 Å². The molecule has 0 radical (unpaired) electrons. The van der Waals surface area contributed by atoms with Gasteiger partial charge in [0.05, 0.1) is 0 Å².